The van der Waals surface area contributed by atoms with Crippen LogP contribution in [0.4, 0.5) is 0 Å². The molecule has 0 saturated heterocycles. The second-order valence-corrected chi connectivity index (χ2v) is 10.3. The van der Waals surface area contributed by atoms with Gasteiger partial charge in [0.1, 0.15) is 18.4 Å². The predicted molar refractivity (Wildman–Crippen MR) is 118 cm³/mol. The van der Waals surface area contributed by atoms with Gasteiger partial charge in [0.15, 0.2) is 0 Å². The van der Waals surface area contributed by atoms with Crippen molar-refractivity contribution >= 4 is 21.9 Å². The van der Waals surface area contributed by atoms with Crippen molar-refractivity contribution in [3.05, 3.63) is 71.8 Å². The van der Waals surface area contributed by atoms with E-state index in [1.54, 1.807) is 34.9 Å². The molecule has 0 unspecified atom stereocenters. The molecule has 0 N–H and O–H groups in total. The average Bonchev–Trinajstić information content (AvgIpc) is 3.19. The fraction of sp³-hybridized carbons (Fsp3) is 0.318. The van der Waals surface area contributed by atoms with E-state index in [2.05, 4.69) is 34.4 Å². The highest BCUT2D eigenvalue weighted by atomic mass is 32.2. The van der Waals surface area contributed by atoms with E-state index in [1.165, 1.54) is 6.33 Å². The molecule has 2 aromatic carbocycles. The predicted octanol–water partition coefficient (Wildman–Crippen LogP) is 3.90. The smallest absolute Gasteiger partial charge is 0.306 e. The summed E-state index contributed by atoms with van der Waals surface area (Å²) >= 11 is 1.65. The topological polar surface area (TPSA) is 97.9 Å². The number of nitrogens with zero attached hydrogens (tertiary/aromatic N) is 4. The molecule has 1 fully saturated rings. The Morgan fingerprint density at radius 1 is 1.19 bits per heavy atom. The number of aromatic nitrogens is 3. The van der Waals surface area contributed by atoms with E-state index in [0.29, 0.717) is 12.3 Å². The summed E-state index contributed by atoms with van der Waals surface area (Å²) < 4.78 is 29.2. The maximum absolute atomic E-state index is 11.2. The number of rotatable bonds is 8. The molecule has 1 saturated carbocycles. The lowest BCUT2D eigenvalue weighted by atomic mass is 9.65. The van der Waals surface area contributed by atoms with E-state index in [1.807, 2.05) is 12.1 Å². The minimum atomic E-state index is -3.53. The Morgan fingerprint density at radius 3 is 2.52 bits per heavy atom. The van der Waals surface area contributed by atoms with Crippen LogP contribution in [-0.2, 0) is 27.8 Å². The quantitative estimate of drug-likeness (QED) is 0.376. The van der Waals surface area contributed by atoms with E-state index in [-0.39, 0.29) is 5.41 Å². The van der Waals surface area contributed by atoms with Crippen molar-refractivity contribution in [3.8, 4) is 11.8 Å². The highest BCUT2D eigenvalue weighted by Crippen LogP contribution is 2.44. The summed E-state index contributed by atoms with van der Waals surface area (Å²) in [6, 6.07) is 15.9. The van der Waals surface area contributed by atoms with Crippen LogP contribution in [0.15, 0.2) is 60.0 Å². The summed E-state index contributed by atoms with van der Waals surface area (Å²) in [5.41, 5.74) is 2.92. The van der Waals surface area contributed by atoms with Gasteiger partial charge < -0.3 is 4.18 Å². The van der Waals surface area contributed by atoms with Gasteiger partial charge in [-0.25, -0.2) is 9.67 Å². The Kier molecular flexibility index (Phi) is 6.03. The monoisotopic (exact) mass is 454 g/mol. The van der Waals surface area contributed by atoms with Gasteiger partial charge in [-0.3, -0.25) is 0 Å². The van der Waals surface area contributed by atoms with Crippen molar-refractivity contribution in [1.82, 2.24) is 14.8 Å². The van der Waals surface area contributed by atoms with Crippen molar-refractivity contribution in [1.29, 1.82) is 5.26 Å². The van der Waals surface area contributed by atoms with Crippen LogP contribution in [0.5, 0.6) is 5.75 Å². The number of benzene rings is 2. The van der Waals surface area contributed by atoms with Gasteiger partial charge in [-0.2, -0.15) is 18.8 Å². The van der Waals surface area contributed by atoms with E-state index >= 15 is 0 Å². The highest BCUT2D eigenvalue weighted by molar-refractivity contribution is 7.98. The molecule has 4 rings (SSSR count). The molecule has 3 aromatic rings. The zero-order chi connectivity index (χ0) is 21.9. The van der Waals surface area contributed by atoms with Crippen LogP contribution in [0.3, 0.4) is 0 Å². The van der Waals surface area contributed by atoms with E-state index in [0.717, 1.165) is 52.9 Å². The van der Waals surface area contributed by atoms with Crippen LogP contribution in [0.2, 0.25) is 0 Å². The lowest BCUT2D eigenvalue weighted by molar-refractivity contribution is 0.323. The first-order valence-corrected chi connectivity index (χ1v) is 12.6. The van der Waals surface area contributed by atoms with Crippen molar-refractivity contribution in [2.24, 2.45) is 0 Å². The Morgan fingerprint density at radius 2 is 1.94 bits per heavy atom. The molecule has 0 radical (unpaired) electrons. The molecule has 7 nitrogen and oxygen atoms in total. The molecule has 0 aliphatic heterocycles. The van der Waals surface area contributed by atoms with Crippen molar-refractivity contribution in [2.75, 3.05) is 6.26 Å². The third-order valence-corrected chi connectivity index (χ3v) is 6.89. The van der Waals surface area contributed by atoms with Gasteiger partial charge in [0.05, 0.1) is 24.3 Å². The molecule has 0 spiro atoms. The zero-order valence-corrected chi connectivity index (χ0v) is 18.7. The van der Waals surface area contributed by atoms with Crippen molar-refractivity contribution < 1.29 is 12.6 Å². The lowest BCUT2D eigenvalue weighted by Gasteiger charge is -2.36. The Labute approximate surface area is 186 Å². The molecule has 0 atom stereocenters. The Balaban J connectivity index is 1.53. The first-order chi connectivity index (χ1) is 14.9. The van der Waals surface area contributed by atoms with Gasteiger partial charge in [0.2, 0.25) is 0 Å². The maximum atomic E-state index is 11.2. The zero-order valence-electron chi connectivity index (χ0n) is 17.1. The molecular weight excluding hydrogens is 432 g/mol. The molecule has 1 aliphatic rings. The normalized spacial score (nSPS) is 15.1. The van der Waals surface area contributed by atoms with Crippen LogP contribution in [-0.4, -0.2) is 29.4 Å². The Hall–Kier alpha value is -2.83. The minimum absolute atomic E-state index is 0.296. The maximum Gasteiger partial charge on any atom is 0.306 e. The largest absolute Gasteiger partial charge is 0.383 e. The number of nitriles is 1. The SMILES string of the molecule is CS(=O)(=O)Oc1ccc(SCc2cc(Cn3cncn3)cc(C3(C#N)CCC3)c2)cc1. The highest BCUT2D eigenvalue weighted by Gasteiger charge is 2.39. The van der Waals surface area contributed by atoms with Crippen molar-refractivity contribution in [3.63, 3.8) is 0 Å². The molecule has 31 heavy (non-hydrogen) atoms. The third-order valence-electron chi connectivity index (χ3n) is 5.31. The van der Waals surface area contributed by atoms with Gasteiger partial charge in [-0.1, -0.05) is 18.2 Å². The van der Waals surface area contributed by atoms with Crippen LogP contribution in [0.25, 0.3) is 0 Å². The molecule has 9 heteroatoms. The second kappa shape index (κ2) is 8.73. The molecule has 1 aliphatic carbocycles. The van der Waals surface area contributed by atoms with Crippen LogP contribution in [0.1, 0.15) is 36.0 Å². The summed E-state index contributed by atoms with van der Waals surface area (Å²) in [6.45, 7) is 0.602. The molecular formula is C22H22N4O3S2. The van der Waals surface area contributed by atoms with Crippen LogP contribution >= 0.6 is 11.8 Å². The summed E-state index contributed by atoms with van der Waals surface area (Å²) in [5, 5.41) is 14.0. The van der Waals surface area contributed by atoms with E-state index in [9.17, 15) is 13.7 Å². The lowest BCUT2D eigenvalue weighted by Crippen LogP contribution is -2.32. The number of hydrogen-bond acceptors (Lipinski definition) is 7. The third kappa shape index (κ3) is 5.27. The van der Waals surface area contributed by atoms with Gasteiger partial charge in [0, 0.05) is 10.6 Å². The molecule has 0 bridgehead atoms. The minimum Gasteiger partial charge on any atom is -0.383 e. The first-order valence-electron chi connectivity index (χ1n) is 9.85. The average molecular weight is 455 g/mol. The standard InChI is InChI=1S/C22H22N4O3S2/c1-31(27,28)29-20-3-5-21(6-4-20)30-13-18-9-17(12-26-16-24-15-25-26)10-19(11-18)22(14-23)7-2-8-22/h3-6,9-11,15-16H,2,7-8,12-13H2,1H3. The molecule has 1 heterocycles. The summed E-state index contributed by atoms with van der Waals surface area (Å²) in [7, 11) is -3.53. The summed E-state index contributed by atoms with van der Waals surface area (Å²) in [4.78, 5) is 5.01. The fourth-order valence-corrected chi connectivity index (χ4v) is 4.93. The van der Waals surface area contributed by atoms with Gasteiger partial charge in [-0.15, -0.1) is 11.8 Å². The van der Waals surface area contributed by atoms with E-state index < -0.39 is 10.1 Å². The van der Waals surface area contributed by atoms with Gasteiger partial charge in [0.25, 0.3) is 0 Å². The van der Waals surface area contributed by atoms with E-state index in [4.69, 9.17) is 4.18 Å². The van der Waals surface area contributed by atoms with Crippen LogP contribution < -0.4 is 4.18 Å². The first kappa shape index (κ1) is 21.4. The summed E-state index contributed by atoms with van der Waals surface area (Å²) in [6.07, 6.45) is 7.09. The number of hydrogen-bond donors (Lipinski definition) is 0. The van der Waals surface area contributed by atoms with Crippen molar-refractivity contribution in [2.45, 2.75) is 41.9 Å². The van der Waals surface area contributed by atoms with Gasteiger partial charge in [-0.05, 0) is 60.2 Å². The molecule has 1 aromatic heterocycles. The molecule has 0 amide bonds. The molecule has 160 valence electrons. The summed E-state index contributed by atoms with van der Waals surface area (Å²) in [5.74, 6) is 1.02. The Bertz CT molecular complexity index is 1200. The number of thioether (sulfide) groups is 1. The van der Waals surface area contributed by atoms with Crippen LogP contribution in [0, 0.1) is 11.3 Å². The second-order valence-electron chi connectivity index (χ2n) is 7.73. The van der Waals surface area contributed by atoms with Gasteiger partial charge >= 0.3 is 10.1 Å². The fourth-order valence-electron chi connectivity index (χ4n) is 3.64.